The number of nitro benzene ring substituents is 2. The van der Waals surface area contributed by atoms with Gasteiger partial charge in [0.05, 0.1) is 9.85 Å². The molecule has 0 aliphatic heterocycles. The zero-order chi connectivity index (χ0) is 14.2. The SMILES string of the molecule is Nc1cc([N+](=O)[O-])c(C(F)(F)F)c(N)c1[N+](=O)[O-]. The summed E-state index contributed by atoms with van der Waals surface area (Å²) in [5.74, 6) is 0. The van der Waals surface area contributed by atoms with Gasteiger partial charge in [0.25, 0.3) is 5.69 Å². The molecule has 0 saturated heterocycles. The molecule has 98 valence electrons. The van der Waals surface area contributed by atoms with Crippen molar-refractivity contribution in [3.8, 4) is 0 Å². The lowest BCUT2D eigenvalue weighted by atomic mass is 10.1. The Labute approximate surface area is 96.3 Å². The minimum atomic E-state index is -5.20. The molecule has 1 rings (SSSR count). The van der Waals surface area contributed by atoms with E-state index in [2.05, 4.69) is 0 Å². The van der Waals surface area contributed by atoms with Crippen molar-refractivity contribution in [3.05, 3.63) is 31.9 Å². The monoisotopic (exact) mass is 266 g/mol. The molecule has 8 nitrogen and oxygen atoms in total. The van der Waals surface area contributed by atoms with Crippen LogP contribution in [0, 0.1) is 20.2 Å². The second-order valence-corrected chi connectivity index (χ2v) is 3.13. The van der Waals surface area contributed by atoms with Gasteiger partial charge in [0.2, 0.25) is 0 Å². The van der Waals surface area contributed by atoms with Gasteiger partial charge in [-0.3, -0.25) is 20.2 Å². The average Bonchev–Trinajstić information content (AvgIpc) is 2.12. The van der Waals surface area contributed by atoms with Gasteiger partial charge in [-0.1, -0.05) is 0 Å². The van der Waals surface area contributed by atoms with E-state index in [0.29, 0.717) is 0 Å². The van der Waals surface area contributed by atoms with Crippen LogP contribution in [0.5, 0.6) is 0 Å². The Morgan fingerprint density at radius 2 is 1.61 bits per heavy atom. The smallest absolute Gasteiger partial charge is 0.393 e. The van der Waals surface area contributed by atoms with Crippen molar-refractivity contribution in [1.82, 2.24) is 0 Å². The van der Waals surface area contributed by atoms with E-state index in [4.69, 9.17) is 11.5 Å². The summed E-state index contributed by atoms with van der Waals surface area (Å²) in [6.45, 7) is 0. The summed E-state index contributed by atoms with van der Waals surface area (Å²) >= 11 is 0. The molecule has 18 heavy (non-hydrogen) atoms. The van der Waals surface area contributed by atoms with Crippen molar-refractivity contribution in [1.29, 1.82) is 0 Å². The van der Waals surface area contributed by atoms with Gasteiger partial charge in [-0.05, 0) is 0 Å². The van der Waals surface area contributed by atoms with Crippen LogP contribution in [0.2, 0.25) is 0 Å². The van der Waals surface area contributed by atoms with E-state index in [0.717, 1.165) is 0 Å². The second-order valence-electron chi connectivity index (χ2n) is 3.13. The lowest BCUT2D eigenvalue weighted by molar-refractivity contribution is -0.390. The highest BCUT2D eigenvalue weighted by Crippen LogP contribution is 2.46. The van der Waals surface area contributed by atoms with Crippen LogP contribution in [0.15, 0.2) is 6.07 Å². The van der Waals surface area contributed by atoms with Crippen molar-refractivity contribution < 1.29 is 23.0 Å². The Balaban J connectivity index is 3.80. The van der Waals surface area contributed by atoms with Crippen LogP contribution in [0.4, 0.5) is 35.9 Å². The molecule has 0 amide bonds. The summed E-state index contributed by atoms with van der Waals surface area (Å²) in [5.41, 5.74) is 3.35. The molecular formula is C7H5F3N4O4. The summed E-state index contributed by atoms with van der Waals surface area (Å²) in [6.07, 6.45) is -5.20. The number of nitrogens with two attached hydrogens (primary N) is 2. The predicted molar refractivity (Wildman–Crippen MR) is 53.6 cm³/mol. The molecule has 0 atom stereocenters. The van der Waals surface area contributed by atoms with Crippen LogP contribution in [0.3, 0.4) is 0 Å². The maximum Gasteiger partial charge on any atom is 0.425 e. The summed E-state index contributed by atoms with van der Waals surface area (Å²) in [4.78, 5) is 18.4. The summed E-state index contributed by atoms with van der Waals surface area (Å²) in [5, 5.41) is 21.0. The first-order chi connectivity index (χ1) is 8.07. The van der Waals surface area contributed by atoms with Crippen molar-refractivity contribution in [2.45, 2.75) is 6.18 Å². The predicted octanol–water partition coefficient (Wildman–Crippen LogP) is 1.69. The van der Waals surface area contributed by atoms with Crippen molar-refractivity contribution in [3.63, 3.8) is 0 Å². The van der Waals surface area contributed by atoms with Crippen LogP contribution in [-0.2, 0) is 6.18 Å². The molecule has 0 aliphatic rings. The van der Waals surface area contributed by atoms with Gasteiger partial charge in [-0.2, -0.15) is 13.2 Å². The minimum Gasteiger partial charge on any atom is -0.393 e. The molecule has 0 aliphatic carbocycles. The van der Waals surface area contributed by atoms with E-state index in [1.165, 1.54) is 0 Å². The van der Waals surface area contributed by atoms with Crippen LogP contribution in [-0.4, -0.2) is 9.85 Å². The third-order valence-electron chi connectivity index (χ3n) is 2.01. The molecule has 1 aromatic carbocycles. The first-order valence-corrected chi connectivity index (χ1v) is 4.15. The zero-order valence-electron chi connectivity index (χ0n) is 8.39. The second kappa shape index (κ2) is 4.01. The third-order valence-corrected chi connectivity index (χ3v) is 2.01. The van der Waals surface area contributed by atoms with Gasteiger partial charge in [-0.15, -0.1) is 0 Å². The van der Waals surface area contributed by atoms with Crippen LogP contribution in [0.25, 0.3) is 0 Å². The fourth-order valence-electron chi connectivity index (χ4n) is 1.35. The van der Waals surface area contributed by atoms with Gasteiger partial charge in [-0.25, -0.2) is 0 Å². The minimum absolute atomic E-state index is 0.261. The quantitative estimate of drug-likeness (QED) is 0.474. The Kier molecular flexibility index (Phi) is 3.00. The highest BCUT2D eigenvalue weighted by molar-refractivity contribution is 5.81. The Hall–Kier alpha value is -2.59. The fourth-order valence-corrected chi connectivity index (χ4v) is 1.35. The summed E-state index contributed by atoms with van der Waals surface area (Å²) in [6, 6.07) is 0.261. The van der Waals surface area contributed by atoms with E-state index < -0.39 is 44.3 Å². The van der Waals surface area contributed by atoms with Crippen LogP contribution >= 0.6 is 0 Å². The lowest BCUT2D eigenvalue weighted by Gasteiger charge is -2.11. The fraction of sp³-hybridized carbons (Fsp3) is 0.143. The van der Waals surface area contributed by atoms with E-state index in [9.17, 15) is 33.4 Å². The van der Waals surface area contributed by atoms with Gasteiger partial charge < -0.3 is 11.5 Å². The molecule has 1 aromatic rings. The van der Waals surface area contributed by atoms with E-state index in [1.54, 1.807) is 0 Å². The normalized spacial score (nSPS) is 11.3. The number of benzene rings is 1. The van der Waals surface area contributed by atoms with Gasteiger partial charge in [0, 0.05) is 6.07 Å². The van der Waals surface area contributed by atoms with Crippen LogP contribution in [0.1, 0.15) is 5.56 Å². The standard InChI is InChI=1S/C7H5F3N4O4/c8-7(9,10)4-3(13(15)16)1-2(11)6(5(4)12)14(17)18/h1H,11-12H2. The van der Waals surface area contributed by atoms with Crippen molar-refractivity contribution in [2.24, 2.45) is 0 Å². The lowest BCUT2D eigenvalue weighted by Crippen LogP contribution is -2.15. The number of hydrogen-bond donors (Lipinski definition) is 2. The zero-order valence-corrected chi connectivity index (χ0v) is 8.39. The van der Waals surface area contributed by atoms with E-state index >= 15 is 0 Å². The van der Waals surface area contributed by atoms with Gasteiger partial charge >= 0.3 is 11.9 Å². The Bertz CT molecular complexity index is 542. The first-order valence-electron chi connectivity index (χ1n) is 4.15. The molecule has 0 unspecified atom stereocenters. The van der Waals surface area contributed by atoms with Crippen LogP contribution < -0.4 is 11.5 Å². The number of halogens is 3. The number of nitro groups is 2. The maximum atomic E-state index is 12.6. The van der Waals surface area contributed by atoms with E-state index in [1.807, 2.05) is 0 Å². The highest BCUT2D eigenvalue weighted by Gasteiger charge is 2.44. The molecule has 0 heterocycles. The number of nitrogen functional groups attached to an aromatic ring is 2. The van der Waals surface area contributed by atoms with E-state index in [-0.39, 0.29) is 6.07 Å². The molecule has 0 bridgehead atoms. The highest BCUT2D eigenvalue weighted by atomic mass is 19.4. The molecule has 0 spiro atoms. The number of alkyl halides is 3. The summed E-state index contributed by atoms with van der Waals surface area (Å²) in [7, 11) is 0. The van der Waals surface area contributed by atoms with Gasteiger partial charge in [0.15, 0.2) is 5.56 Å². The third kappa shape index (κ3) is 2.09. The maximum absolute atomic E-state index is 12.6. The van der Waals surface area contributed by atoms with Crippen molar-refractivity contribution in [2.75, 3.05) is 11.5 Å². The molecule has 0 saturated carbocycles. The Morgan fingerprint density at radius 3 is 1.94 bits per heavy atom. The molecule has 11 heteroatoms. The number of anilines is 2. The number of hydrogen-bond acceptors (Lipinski definition) is 6. The Morgan fingerprint density at radius 1 is 1.11 bits per heavy atom. The molecule has 4 N–H and O–H groups in total. The number of nitrogens with zero attached hydrogens (tertiary/aromatic N) is 2. The van der Waals surface area contributed by atoms with Crippen molar-refractivity contribution >= 4 is 22.7 Å². The summed E-state index contributed by atoms with van der Waals surface area (Å²) < 4.78 is 37.8. The average molecular weight is 266 g/mol. The number of rotatable bonds is 2. The van der Waals surface area contributed by atoms with Gasteiger partial charge in [0.1, 0.15) is 11.4 Å². The molecule has 0 aromatic heterocycles. The molecular weight excluding hydrogens is 261 g/mol. The molecule has 0 fully saturated rings. The molecule has 0 radical (unpaired) electrons. The largest absolute Gasteiger partial charge is 0.425 e. The topological polar surface area (TPSA) is 138 Å². The first kappa shape index (κ1) is 13.5.